The summed E-state index contributed by atoms with van der Waals surface area (Å²) in [6.07, 6.45) is 4.28. The summed E-state index contributed by atoms with van der Waals surface area (Å²) in [5.41, 5.74) is 2.75. The second kappa shape index (κ2) is 6.25. The Bertz CT molecular complexity index is 689. The Hall–Kier alpha value is -1.90. The van der Waals surface area contributed by atoms with Crippen LogP contribution in [0.25, 0.3) is 0 Å². The monoisotopic (exact) mass is 296 g/mol. The molecule has 1 fully saturated rings. The van der Waals surface area contributed by atoms with Gasteiger partial charge in [0.2, 0.25) is 0 Å². The highest BCUT2D eigenvalue weighted by atomic mass is 32.2. The van der Waals surface area contributed by atoms with E-state index in [1.54, 1.807) is 6.20 Å². The Kier molecular flexibility index (Phi) is 4.18. The summed E-state index contributed by atoms with van der Waals surface area (Å²) >= 11 is 1.43. The van der Waals surface area contributed by atoms with E-state index < -0.39 is 0 Å². The van der Waals surface area contributed by atoms with Crippen LogP contribution in [-0.4, -0.2) is 16.0 Å². The third-order valence-corrected chi connectivity index (χ3v) is 4.27. The number of hydrogen-bond donors (Lipinski definition) is 1. The van der Waals surface area contributed by atoms with Gasteiger partial charge in [0.15, 0.2) is 5.16 Å². The summed E-state index contributed by atoms with van der Waals surface area (Å²) in [6.45, 7) is 2.76. The highest BCUT2D eigenvalue weighted by Crippen LogP contribution is 2.28. The number of nitrogens with zero attached hydrogens (tertiary/aromatic N) is 3. The fourth-order valence-electron chi connectivity index (χ4n) is 1.99. The van der Waals surface area contributed by atoms with Crippen molar-refractivity contribution in [3.8, 4) is 6.07 Å². The van der Waals surface area contributed by atoms with Gasteiger partial charge in [0, 0.05) is 29.4 Å². The maximum atomic E-state index is 9.34. The van der Waals surface area contributed by atoms with Gasteiger partial charge in [0.05, 0.1) is 5.56 Å². The van der Waals surface area contributed by atoms with Gasteiger partial charge < -0.3 is 5.32 Å². The highest BCUT2D eigenvalue weighted by molar-refractivity contribution is 7.99. The lowest BCUT2D eigenvalue weighted by Gasteiger charge is -2.07. The van der Waals surface area contributed by atoms with E-state index in [0.717, 1.165) is 22.7 Å². The van der Waals surface area contributed by atoms with Crippen LogP contribution in [0.5, 0.6) is 0 Å². The molecule has 21 heavy (non-hydrogen) atoms. The molecule has 1 aromatic heterocycles. The van der Waals surface area contributed by atoms with Gasteiger partial charge in [-0.25, -0.2) is 9.97 Å². The van der Waals surface area contributed by atoms with Crippen molar-refractivity contribution in [3.05, 3.63) is 47.3 Å². The minimum Gasteiger partial charge on any atom is -0.310 e. The number of nitriles is 1. The lowest BCUT2D eigenvalue weighted by molar-refractivity contribution is 0.687. The van der Waals surface area contributed by atoms with E-state index in [0.29, 0.717) is 16.8 Å². The van der Waals surface area contributed by atoms with Crippen molar-refractivity contribution < 1.29 is 0 Å². The molecule has 0 unspecified atom stereocenters. The van der Waals surface area contributed by atoms with Crippen molar-refractivity contribution in [3.63, 3.8) is 0 Å². The number of nitrogens with one attached hydrogen (secondary N) is 1. The van der Waals surface area contributed by atoms with Crippen molar-refractivity contribution in [1.29, 1.82) is 5.26 Å². The lowest BCUT2D eigenvalue weighted by atomic mass is 10.1. The predicted molar refractivity (Wildman–Crippen MR) is 81.9 cm³/mol. The summed E-state index contributed by atoms with van der Waals surface area (Å²) < 4.78 is 0. The summed E-state index contributed by atoms with van der Waals surface area (Å²) in [7, 11) is 0. The molecule has 0 spiro atoms. The van der Waals surface area contributed by atoms with Crippen LogP contribution in [0.3, 0.4) is 0 Å². The van der Waals surface area contributed by atoms with Crippen LogP contribution in [0, 0.1) is 18.3 Å². The average Bonchev–Trinajstić information content (AvgIpc) is 3.30. The molecular formula is C16H16N4S. The maximum absolute atomic E-state index is 9.34. The first-order valence-corrected chi connectivity index (χ1v) is 7.80. The SMILES string of the molecule is Cc1ccnc(Sc2ccc(CNC3CC3)cc2C#N)n1. The topological polar surface area (TPSA) is 61.6 Å². The fourth-order valence-corrected chi connectivity index (χ4v) is 2.84. The Morgan fingerprint density at radius 2 is 2.24 bits per heavy atom. The summed E-state index contributed by atoms with van der Waals surface area (Å²) in [4.78, 5) is 9.50. The van der Waals surface area contributed by atoms with Crippen LogP contribution in [0.1, 0.15) is 29.7 Å². The summed E-state index contributed by atoms with van der Waals surface area (Å²) in [5.74, 6) is 0. The molecule has 4 nitrogen and oxygen atoms in total. The van der Waals surface area contributed by atoms with E-state index in [1.165, 1.54) is 24.6 Å². The van der Waals surface area contributed by atoms with Gasteiger partial charge in [-0.15, -0.1) is 0 Å². The third kappa shape index (κ3) is 3.81. The molecule has 0 aliphatic heterocycles. The standard InChI is InChI=1S/C16H16N4S/c1-11-6-7-18-16(20-11)21-15-5-2-12(8-13(15)9-17)10-19-14-3-4-14/h2,5-8,14,19H,3-4,10H2,1H3. The van der Waals surface area contributed by atoms with Crippen molar-refractivity contribution in [2.75, 3.05) is 0 Å². The number of hydrogen-bond acceptors (Lipinski definition) is 5. The first kappa shape index (κ1) is 14.1. The van der Waals surface area contributed by atoms with E-state index in [-0.39, 0.29) is 0 Å². The molecule has 106 valence electrons. The van der Waals surface area contributed by atoms with Crippen LogP contribution in [-0.2, 0) is 6.54 Å². The van der Waals surface area contributed by atoms with E-state index in [4.69, 9.17) is 0 Å². The Morgan fingerprint density at radius 1 is 1.38 bits per heavy atom. The number of aromatic nitrogens is 2. The molecule has 0 radical (unpaired) electrons. The predicted octanol–water partition coefficient (Wildman–Crippen LogP) is 3.06. The van der Waals surface area contributed by atoms with Crippen molar-refractivity contribution in [2.24, 2.45) is 0 Å². The first-order chi connectivity index (χ1) is 10.2. The summed E-state index contributed by atoms with van der Waals surface area (Å²) in [6, 6.07) is 10.8. The molecule has 0 saturated heterocycles. The fraction of sp³-hybridized carbons (Fsp3) is 0.312. The van der Waals surface area contributed by atoms with Gasteiger partial charge in [-0.3, -0.25) is 0 Å². The molecule has 0 atom stereocenters. The molecule has 1 aliphatic rings. The molecule has 3 rings (SSSR count). The van der Waals surface area contributed by atoms with Gasteiger partial charge >= 0.3 is 0 Å². The molecule has 1 heterocycles. The van der Waals surface area contributed by atoms with Crippen LogP contribution >= 0.6 is 11.8 Å². The van der Waals surface area contributed by atoms with Gasteiger partial charge in [-0.1, -0.05) is 6.07 Å². The van der Waals surface area contributed by atoms with Crippen molar-refractivity contribution in [2.45, 2.75) is 42.4 Å². The molecule has 2 aromatic rings. The van der Waals surface area contributed by atoms with Crippen LogP contribution < -0.4 is 5.32 Å². The molecule has 0 bridgehead atoms. The van der Waals surface area contributed by atoms with E-state index >= 15 is 0 Å². The minimum atomic E-state index is 0.672. The second-order valence-electron chi connectivity index (χ2n) is 5.18. The minimum absolute atomic E-state index is 0.672. The zero-order chi connectivity index (χ0) is 14.7. The third-order valence-electron chi connectivity index (χ3n) is 3.31. The van der Waals surface area contributed by atoms with E-state index in [1.807, 2.05) is 25.1 Å². The van der Waals surface area contributed by atoms with Gasteiger partial charge in [-0.05, 0) is 55.3 Å². The zero-order valence-corrected chi connectivity index (χ0v) is 12.7. The van der Waals surface area contributed by atoms with E-state index in [2.05, 4.69) is 27.4 Å². The lowest BCUT2D eigenvalue weighted by Crippen LogP contribution is -2.15. The maximum Gasteiger partial charge on any atom is 0.192 e. The average molecular weight is 296 g/mol. The van der Waals surface area contributed by atoms with Gasteiger partial charge in [-0.2, -0.15) is 5.26 Å². The second-order valence-corrected chi connectivity index (χ2v) is 6.19. The smallest absolute Gasteiger partial charge is 0.192 e. The Morgan fingerprint density at radius 3 is 2.95 bits per heavy atom. The molecule has 1 N–H and O–H groups in total. The van der Waals surface area contributed by atoms with Crippen LogP contribution in [0.4, 0.5) is 0 Å². The normalized spacial score (nSPS) is 13.9. The molecule has 1 aliphatic carbocycles. The first-order valence-electron chi connectivity index (χ1n) is 6.98. The van der Waals surface area contributed by atoms with Crippen LogP contribution in [0.15, 0.2) is 40.5 Å². The van der Waals surface area contributed by atoms with Gasteiger partial charge in [0.25, 0.3) is 0 Å². The molecule has 1 aromatic carbocycles. The number of aryl methyl sites for hydroxylation is 1. The Labute approximate surface area is 128 Å². The van der Waals surface area contributed by atoms with Crippen molar-refractivity contribution >= 4 is 11.8 Å². The molecular weight excluding hydrogens is 280 g/mol. The highest BCUT2D eigenvalue weighted by Gasteiger charge is 2.20. The molecule has 5 heteroatoms. The summed E-state index contributed by atoms with van der Waals surface area (Å²) in [5, 5.41) is 13.5. The van der Waals surface area contributed by atoms with Crippen LogP contribution in [0.2, 0.25) is 0 Å². The van der Waals surface area contributed by atoms with Crippen molar-refractivity contribution in [1.82, 2.24) is 15.3 Å². The Balaban J connectivity index is 1.76. The number of rotatable bonds is 5. The van der Waals surface area contributed by atoms with E-state index in [9.17, 15) is 5.26 Å². The number of benzene rings is 1. The van der Waals surface area contributed by atoms with Gasteiger partial charge in [0.1, 0.15) is 6.07 Å². The largest absolute Gasteiger partial charge is 0.310 e. The quantitative estimate of drug-likeness (QED) is 0.859. The molecule has 0 amide bonds. The zero-order valence-electron chi connectivity index (χ0n) is 11.8. The molecule has 1 saturated carbocycles.